The third-order valence-corrected chi connectivity index (χ3v) is 9.65. The normalized spacial score (nSPS) is 13.9. The number of carbonyl (C=O) groups is 1. The van der Waals surface area contributed by atoms with Crippen LogP contribution in [0.5, 0.6) is 40.2 Å². The molecule has 5 aromatic rings. The third kappa shape index (κ3) is 7.65. The number of amides is 1. The topological polar surface area (TPSA) is 110 Å². The molecular weight excluding hydrogens is 671 g/mol. The summed E-state index contributed by atoms with van der Waals surface area (Å²) in [5.41, 5.74) is 4.33. The van der Waals surface area contributed by atoms with Crippen molar-refractivity contribution in [3.63, 3.8) is 0 Å². The smallest absolute Gasteiger partial charge is 0.240 e. The molecule has 51 heavy (non-hydrogen) atoms. The van der Waals surface area contributed by atoms with Crippen molar-refractivity contribution in [3.8, 4) is 50.8 Å². The lowest BCUT2D eigenvalue weighted by Crippen LogP contribution is -2.24. The van der Waals surface area contributed by atoms with Gasteiger partial charge >= 0.3 is 0 Å². The van der Waals surface area contributed by atoms with Gasteiger partial charge in [-0.2, -0.15) is 5.10 Å². The Morgan fingerprint density at radius 3 is 2.02 bits per heavy atom. The Labute approximate surface area is 301 Å². The van der Waals surface area contributed by atoms with Crippen molar-refractivity contribution in [2.75, 3.05) is 48.8 Å². The first-order valence-electron chi connectivity index (χ1n) is 16.5. The molecule has 1 aliphatic heterocycles. The maximum Gasteiger partial charge on any atom is 0.240 e. The maximum absolute atomic E-state index is 12.8. The summed E-state index contributed by atoms with van der Waals surface area (Å²) in [6.07, 6.45) is 1.99. The molecule has 0 bridgehead atoms. The second-order valence-electron chi connectivity index (χ2n) is 11.7. The quantitative estimate of drug-likeness (QED) is 0.100. The molecule has 12 heteroatoms. The number of benzene rings is 4. The number of fused-ring (bicyclic) bond motifs is 1. The molecule has 1 aliphatic rings. The molecule has 266 valence electrons. The SMILES string of the molecule is COc1cc(-c2nc3ccccc3s2)ccc1OCCCCOc1cc(C2CC(c3cc(OC)c(OC)c(OC)c3)=NN2C(C)=O)ccc1OC. The van der Waals surface area contributed by atoms with Crippen LogP contribution < -0.4 is 33.2 Å². The Morgan fingerprint density at radius 1 is 0.725 bits per heavy atom. The summed E-state index contributed by atoms with van der Waals surface area (Å²) in [6.45, 7) is 2.45. The van der Waals surface area contributed by atoms with Crippen LogP contribution in [0.1, 0.15) is 43.4 Å². The van der Waals surface area contributed by atoms with E-state index in [0.29, 0.717) is 59.9 Å². The highest BCUT2D eigenvalue weighted by atomic mass is 32.1. The third-order valence-electron chi connectivity index (χ3n) is 8.56. The van der Waals surface area contributed by atoms with Gasteiger partial charge in [0, 0.05) is 24.5 Å². The van der Waals surface area contributed by atoms with E-state index in [2.05, 4.69) is 6.07 Å². The fourth-order valence-electron chi connectivity index (χ4n) is 5.98. The van der Waals surface area contributed by atoms with Gasteiger partial charge in [-0.25, -0.2) is 9.99 Å². The number of rotatable bonds is 15. The van der Waals surface area contributed by atoms with Crippen molar-refractivity contribution in [1.29, 1.82) is 0 Å². The van der Waals surface area contributed by atoms with Crippen LogP contribution in [0.15, 0.2) is 77.9 Å². The van der Waals surface area contributed by atoms with Crippen molar-refractivity contribution in [2.24, 2.45) is 5.10 Å². The Kier molecular flexibility index (Phi) is 11.1. The van der Waals surface area contributed by atoms with E-state index in [4.69, 9.17) is 43.2 Å². The Balaban J connectivity index is 1.07. The molecule has 1 aromatic heterocycles. The summed E-state index contributed by atoms with van der Waals surface area (Å²) in [6, 6.07) is 23.0. The van der Waals surface area contributed by atoms with Gasteiger partial charge in [-0.05, 0) is 73.0 Å². The number of nitrogens with zero attached hydrogens (tertiary/aromatic N) is 3. The van der Waals surface area contributed by atoms with Crippen LogP contribution in [0.4, 0.5) is 0 Å². The summed E-state index contributed by atoms with van der Waals surface area (Å²) < 4.78 is 41.3. The van der Waals surface area contributed by atoms with Crippen molar-refractivity contribution in [1.82, 2.24) is 9.99 Å². The number of aromatic nitrogens is 1. The monoisotopic (exact) mass is 711 g/mol. The molecule has 0 spiro atoms. The van der Waals surface area contributed by atoms with E-state index in [0.717, 1.165) is 50.5 Å². The van der Waals surface area contributed by atoms with Gasteiger partial charge in [0.1, 0.15) is 5.01 Å². The lowest BCUT2D eigenvalue weighted by Gasteiger charge is -2.22. The molecule has 1 amide bonds. The minimum absolute atomic E-state index is 0.177. The number of ether oxygens (including phenoxy) is 7. The number of carbonyl (C=O) groups excluding carboxylic acids is 1. The summed E-state index contributed by atoms with van der Waals surface area (Å²) in [5.74, 6) is 3.86. The first-order chi connectivity index (χ1) is 24.9. The molecule has 4 aromatic carbocycles. The highest BCUT2D eigenvalue weighted by Crippen LogP contribution is 2.42. The highest BCUT2D eigenvalue weighted by molar-refractivity contribution is 7.21. The summed E-state index contributed by atoms with van der Waals surface area (Å²) in [7, 11) is 7.93. The molecule has 1 atom stereocenters. The first-order valence-corrected chi connectivity index (χ1v) is 17.3. The van der Waals surface area contributed by atoms with Crippen molar-refractivity contribution in [3.05, 3.63) is 83.9 Å². The fraction of sp³-hybridized carbons (Fsp3) is 0.308. The van der Waals surface area contributed by atoms with E-state index in [1.54, 1.807) is 46.9 Å². The first kappa shape index (κ1) is 35.3. The van der Waals surface area contributed by atoms with Crippen LogP contribution in [0.25, 0.3) is 20.8 Å². The van der Waals surface area contributed by atoms with E-state index in [1.165, 1.54) is 11.9 Å². The second-order valence-corrected chi connectivity index (χ2v) is 12.7. The van der Waals surface area contributed by atoms with E-state index in [-0.39, 0.29) is 11.9 Å². The molecule has 11 nitrogen and oxygen atoms in total. The van der Waals surface area contributed by atoms with Gasteiger partial charge in [0.25, 0.3) is 0 Å². The predicted molar refractivity (Wildman–Crippen MR) is 197 cm³/mol. The van der Waals surface area contributed by atoms with E-state index >= 15 is 0 Å². The number of thiazole rings is 1. The zero-order valence-electron chi connectivity index (χ0n) is 29.6. The van der Waals surface area contributed by atoms with Crippen LogP contribution in [-0.2, 0) is 4.79 Å². The van der Waals surface area contributed by atoms with Crippen molar-refractivity contribution >= 4 is 33.2 Å². The molecule has 0 aliphatic carbocycles. The molecule has 1 unspecified atom stereocenters. The van der Waals surface area contributed by atoms with Crippen molar-refractivity contribution in [2.45, 2.75) is 32.2 Å². The molecule has 0 saturated carbocycles. The van der Waals surface area contributed by atoms with Gasteiger partial charge < -0.3 is 33.2 Å². The lowest BCUT2D eigenvalue weighted by molar-refractivity contribution is -0.130. The van der Waals surface area contributed by atoms with Crippen LogP contribution in [0.3, 0.4) is 0 Å². The largest absolute Gasteiger partial charge is 0.493 e. The Bertz CT molecular complexity index is 1990. The molecule has 0 N–H and O–H groups in total. The number of methoxy groups -OCH3 is 5. The molecule has 2 heterocycles. The number of unbranched alkanes of at least 4 members (excludes halogenated alkanes) is 1. The molecular formula is C39H41N3O8S. The second kappa shape index (κ2) is 16.0. The lowest BCUT2D eigenvalue weighted by atomic mass is 9.97. The van der Waals surface area contributed by atoms with E-state index in [1.807, 2.05) is 66.7 Å². The zero-order chi connectivity index (χ0) is 35.9. The van der Waals surface area contributed by atoms with Crippen LogP contribution in [0.2, 0.25) is 0 Å². The molecule has 0 radical (unpaired) electrons. The summed E-state index contributed by atoms with van der Waals surface area (Å²) >= 11 is 1.65. The predicted octanol–water partition coefficient (Wildman–Crippen LogP) is 7.94. The van der Waals surface area contributed by atoms with Crippen LogP contribution in [-0.4, -0.2) is 70.4 Å². The van der Waals surface area contributed by atoms with Crippen LogP contribution in [0, 0.1) is 0 Å². The molecule has 0 saturated heterocycles. The van der Waals surface area contributed by atoms with E-state index < -0.39 is 0 Å². The number of hydrogen-bond donors (Lipinski definition) is 0. The minimum atomic E-state index is -0.339. The average molecular weight is 712 g/mol. The Morgan fingerprint density at radius 2 is 1.37 bits per heavy atom. The number of para-hydroxylation sites is 1. The number of hydrazone groups is 1. The van der Waals surface area contributed by atoms with Gasteiger partial charge in [-0.3, -0.25) is 4.79 Å². The standard InChI is InChI=1S/C39H41N3O8S/c1-24(43)42-30(23-29(41-42)27-21-35(46-4)38(48-6)36(22-27)47-5)25-13-15-31(44-2)34(19-25)50-18-10-9-17-49-32-16-14-26(20-33(32)45-3)39-40-28-11-7-8-12-37(28)51-39/h7-8,11-16,19-22,30H,9-10,17-18,23H2,1-6H3. The fourth-order valence-corrected chi connectivity index (χ4v) is 6.94. The highest BCUT2D eigenvalue weighted by Gasteiger charge is 2.33. The van der Waals surface area contributed by atoms with Gasteiger partial charge in [0.05, 0.1) is 70.7 Å². The summed E-state index contributed by atoms with van der Waals surface area (Å²) in [5, 5.41) is 7.14. The minimum Gasteiger partial charge on any atom is -0.493 e. The van der Waals surface area contributed by atoms with Gasteiger partial charge in [0.2, 0.25) is 11.7 Å². The molecule has 6 rings (SSSR count). The zero-order valence-corrected chi connectivity index (χ0v) is 30.4. The van der Waals surface area contributed by atoms with Gasteiger partial charge in [-0.15, -0.1) is 11.3 Å². The number of hydrogen-bond acceptors (Lipinski definition) is 11. The maximum atomic E-state index is 12.8. The van der Waals surface area contributed by atoms with E-state index in [9.17, 15) is 4.79 Å². The summed E-state index contributed by atoms with van der Waals surface area (Å²) in [4.78, 5) is 17.5. The molecule has 0 fully saturated rings. The van der Waals surface area contributed by atoms with Crippen molar-refractivity contribution < 1.29 is 38.0 Å². The average Bonchev–Trinajstić information content (AvgIpc) is 3.81. The van der Waals surface area contributed by atoms with Gasteiger partial charge in [-0.1, -0.05) is 18.2 Å². The Hall–Kier alpha value is -5.49. The van der Waals surface area contributed by atoms with Gasteiger partial charge in [0.15, 0.2) is 34.5 Å². The van der Waals surface area contributed by atoms with Crippen LogP contribution >= 0.6 is 11.3 Å².